The maximum atomic E-state index is 11.1. The van der Waals surface area contributed by atoms with Crippen molar-refractivity contribution in [3.8, 4) is 0 Å². The van der Waals surface area contributed by atoms with Crippen molar-refractivity contribution in [2.24, 2.45) is 0 Å². The fourth-order valence-electron chi connectivity index (χ4n) is 2.09. The van der Waals surface area contributed by atoms with Crippen LogP contribution >= 0.6 is 11.6 Å². The van der Waals surface area contributed by atoms with Gasteiger partial charge in [0.05, 0.1) is 6.33 Å². The van der Waals surface area contributed by atoms with Gasteiger partial charge in [0.1, 0.15) is 11.7 Å². The van der Waals surface area contributed by atoms with Crippen LogP contribution in [0.25, 0.3) is 11.2 Å². The largest absolute Gasteiger partial charge is 0.358 e. The van der Waals surface area contributed by atoms with Crippen LogP contribution in [0.1, 0.15) is 26.0 Å². The van der Waals surface area contributed by atoms with Crippen LogP contribution < -0.4 is 5.32 Å². The summed E-state index contributed by atoms with van der Waals surface area (Å²) >= 11 is 6.05. The molecule has 100 valence electrons. The molecule has 1 saturated heterocycles. The van der Waals surface area contributed by atoms with E-state index in [-0.39, 0.29) is 23.2 Å². The monoisotopic (exact) mass is 281 g/mol. The zero-order valence-electron chi connectivity index (χ0n) is 10.3. The van der Waals surface area contributed by atoms with Gasteiger partial charge in [0.15, 0.2) is 10.8 Å². The number of fused-ring (bicyclic) bond motifs is 1. The summed E-state index contributed by atoms with van der Waals surface area (Å²) in [7, 11) is 0. The predicted octanol–water partition coefficient (Wildman–Crippen LogP) is 1.75. The summed E-state index contributed by atoms with van der Waals surface area (Å²) in [6.45, 7) is 2.11. The summed E-state index contributed by atoms with van der Waals surface area (Å²) in [5.74, 6) is -0.0802. The van der Waals surface area contributed by atoms with Crippen molar-refractivity contribution in [1.29, 1.82) is 0 Å². The maximum absolute atomic E-state index is 11.1. The van der Waals surface area contributed by atoms with Crippen LogP contribution in [0.4, 0.5) is 5.95 Å². The molecule has 1 atom stereocenters. The van der Waals surface area contributed by atoms with Crippen LogP contribution in [-0.2, 0) is 9.53 Å². The van der Waals surface area contributed by atoms with Crippen molar-refractivity contribution in [3.63, 3.8) is 0 Å². The van der Waals surface area contributed by atoms with Crippen molar-refractivity contribution >= 4 is 34.6 Å². The highest BCUT2D eigenvalue weighted by Crippen LogP contribution is 2.28. The number of hydrogen-bond acceptors (Lipinski definition) is 5. The highest BCUT2D eigenvalue weighted by Gasteiger charge is 2.22. The molecule has 1 amide bonds. The molecule has 2 aromatic heterocycles. The third-order valence-corrected chi connectivity index (χ3v) is 3.15. The van der Waals surface area contributed by atoms with E-state index in [1.165, 1.54) is 6.92 Å². The third kappa shape index (κ3) is 2.26. The Balaban J connectivity index is 2.08. The minimum Gasteiger partial charge on any atom is -0.358 e. The summed E-state index contributed by atoms with van der Waals surface area (Å²) < 4.78 is 7.42. The highest BCUT2D eigenvalue weighted by molar-refractivity contribution is 6.33. The second-order valence-corrected chi connectivity index (χ2v) is 4.67. The van der Waals surface area contributed by atoms with E-state index in [1.807, 2.05) is 4.57 Å². The van der Waals surface area contributed by atoms with Gasteiger partial charge >= 0.3 is 0 Å². The number of nitrogens with zero attached hydrogens (tertiary/aromatic N) is 4. The molecule has 0 radical (unpaired) electrons. The quantitative estimate of drug-likeness (QED) is 0.848. The molecule has 1 N–H and O–H groups in total. The van der Waals surface area contributed by atoms with Crippen LogP contribution in [-0.4, -0.2) is 32.0 Å². The normalized spacial score (nSPS) is 18.9. The van der Waals surface area contributed by atoms with Crippen molar-refractivity contribution in [2.75, 3.05) is 11.9 Å². The van der Waals surface area contributed by atoms with Crippen LogP contribution in [0.2, 0.25) is 5.15 Å². The minimum atomic E-state index is -0.251. The summed E-state index contributed by atoms with van der Waals surface area (Å²) in [6, 6.07) is 0. The Morgan fingerprint density at radius 3 is 3.11 bits per heavy atom. The summed E-state index contributed by atoms with van der Waals surface area (Å²) in [6.07, 6.45) is 3.46. The Bertz CT molecular complexity index is 635. The van der Waals surface area contributed by atoms with E-state index in [0.717, 1.165) is 19.4 Å². The van der Waals surface area contributed by atoms with Gasteiger partial charge < -0.3 is 4.74 Å². The molecule has 8 heteroatoms. The van der Waals surface area contributed by atoms with Crippen molar-refractivity contribution in [3.05, 3.63) is 11.5 Å². The molecule has 0 aromatic carbocycles. The van der Waals surface area contributed by atoms with E-state index < -0.39 is 0 Å². The van der Waals surface area contributed by atoms with Crippen LogP contribution in [0.15, 0.2) is 6.33 Å². The first-order valence-electron chi connectivity index (χ1n) is 5.94. The van der Waals surface area contributed by atoms with Gasteiger partial charge in [0, 0.05) is 13.5 Å². The molecular formula is C11H12ClN5O2. The lowest BCUT2D eigenvalue weighted by atomic mass is 10.3. The maximum Gasteiger partial charge on any atom is 0.232 e. The molecule has 0 spiro atoms. The van der Waals surface area contributed by atoms with Gasteiger partial charge in [-0.2, -0.15) is 9.97 Å². The summed E-state index contributed by atoms with van der Waals surface area (Å²) in [5.41, 5.74) is 1.07. The number of anilines is 1. The molecule has 2 aromatic rings. The summed E-state index contributed by atoms with van der Waals surface area (Å²) in [4.78, 5) is 23.5. The number of aromatic nitrogens is 4. The van der Waals surface area contributed by atoms with E-state index in [4.69, 9.17) is 16.3 Å². The smallest absolute Gasteiger partial charge is 0.232 e. The Labute approximate surface area is 114 Å². The Morgan fingerprint density at radius 1 is 1.58 bits per heavy atom. The lowest BCUT2D eigenvalue weighted by Crippen LogP contribution is -2.11. The van der Waals surface area contributed by atoms with E-state index in [1.54, 1.807) is 6.33 Å². The zero-order valence-corrected chi connectivity index (χ0v) is 11.0. The first kappa shape index (κ1) is 12.3. The molecule has 1 aliphatic rings. The van der Waals surface area contributed by atoms with Crippen molar-refractivity contribution in [2.45, 2.75) is 26.0 Å². The number of rotatable bonds is 2. The number of carbonyl (C=O) groups is 1. The molecule has 19 heavy (non-hydrogen) atoms. The van der Waals surface area contributed by atoms with Gasteiger partial charge in [-0.15, -0.1) is 0 Å². The molecule has 3 heterocycles. The number of halogens is 1. The third-order valence-electron chi connectivity index (χ3n) is 2.88. The second-order valence-electron chi connectivity index (χ2n) is 4.31. The fraction of sp³-hybridized carbons (Fsp3) is 0.455. The molecule has 1 aliphatic heterocycles. The van der Waals surface area contributed by atoms with Crippen LogP contribution in [0, 0.1) is 0 Å². The van der Waals surface area contributed by atoms with E-state index in [0.29, 0.717) is 11.2 Å². The Hall–Kier alpha value is -1.73. The molecule has 3 rings (SSSR count). The summed E-state index contributed by atoms with van der Waals surface area (Å²) in [5, 5.41) is 2.73. The van der Waals surface area contributed by atoms with Gasteiger partial charge in [-0.05, 0) is 12.8 Å². The molecule has 0 saturated carbocycles. The van der Waals surface area contributed by atoms with Crippen molar-refractivity contribution < 1.29 is 9.53 Å². The van der Waals surface area contributed by atoms with Gasteiger partial charge in [-0.3, -0.25) is 14.7 Å². The van der Waals surface area contributed by atoms with E-state index in [2.05, 4.69) is 20.3 Å². The molecule has 0 aliphatic carbocycles. The predicted molar refractivity (Wildman–Crippen MR) is 68.9 cm³/mol. The minimum absolute atomic E-state index is 0.0823. The number of ether oxygens (including phenoxy) is 1. The average Bonchev–Trinajstić information content (AvgIpc) is 2.94. The molecule has 0 unspecified atom stereocenters. The molecule has 1 fully saturated rings. The van der Waals surface area contributed by atoms with Gasteiger partial charge in [0.2, 0.25) is 11.9 Å². The zero-order chi connectivity index (χ0) is 13.4. The first-order chi connectivity index (χ1) is 9.15. The highest BCUT2D eigenvalue weighted by atomic mass is 35.5. The van der Waals surface area contributed by atoms with E-state index in [9.17, 15) is 4.79 Å². The Kier molecular flexibility index (Phi) is 3.08. The number of imidazole rings is 1. The topological polar surface area (TPSA) is 81.9 Å². The number of hydrogen-bond donors (Lipinski definition) is 1. The number of amides is 1. The van der Waals surface area contributed by atoms with Gasteiger partial charge in [-0.1, -0.05) is 11.6 Å². The van der Waals surface area contributed by atoms with Crippen LogP contribution in [0.3, 0.4) is 0 Å². The SMILES string of the molecule is CC(=O)Nc1nc(Cl)c2ncn([C@@H]3CCCO3)c2n1. The molecule has 0 bridgehead atoms. The molecular weight excluding hydrogens is 270 g/mol. The first-order valence-corrected chi connectivity index (χ1v) is 6.32. The lowest BCUT2D eigenvalue weighted by Gasteiger charge is -2.11. The standard InChI is InChI=1S/C11H12ClN5O2/c1-6(18)14-11-15-9(12)8-10(16-11)17(5-13-8)7-3-2-4-19-7/h5,7H,2-4H2,1H3,(H,14,15,16,18)/t7-/m0/s1. The Morgan fingerprint density at radius 2 is 2.42 bits per heavy atom. The number of nitrogens with one attached hydrogen (secondary N) is 1. The number of carbonyl (C=O) groups excluding carboxylic acids is 1. The average molecular weight is 282 g/mol. The van der Waals surface area contributed by atoms with Gasteiger partial charge in [0.25, 0.3) is 0 Å². The van der Waals surface area contributed by atoms with Gasteiger partial charge in [-0.25, -0.2) is 4.98 Å². The second kappa shape index (κ2) is 4.75. The lowest BCUT2D eigenvalue weighted by molar-refractivity contribution is -0.114. The molecule has 7 nitrogen and oxygen atoms in total. The van der Waals surface area contributed by atoms with Crippen LogP contribution in [0.5, 0.6) is 0 Å². The fourth-order valence-corrected chi connectivity index (χ4v) is 2.30. The van der Waals surface area contributed by atoms with Crippen molar-refractivity contribution in [1.82, 2.24) is 19.5 Å². The van der Waals surface area contributed by atoms with E-state index >= 15 is 0 Å².